The number of phenolic OH excluding ortho intramolecular Hbond substituents is 1. The van der Waals surface area contributed by atoms with E-state index in [2.05, 4.69) is 0 Å². The van der Waals surface area contributed by atoms with E-state index in [9.17, 15) is 13.5 Å². The van der Waals surface area contributed by atoms with Crippen LogP contribution >= 0.6 is 0 Å². The lowest BCUT2D eigenvalue weighted by atomic mass is 10.1. The first-order valence-corrected chi connectivity index (χ1v) is 8.21. The number of para-hydroxylation sites is 2. The number of fused-ring (bicyclic) bond motifs is 1. The molecule has 0 spiro atoms. The molecule has 0 radical (unpaired) electrons. The van der Waals surface area contributed by atoms with Crippen LogP contribution in [-0.4, -0.2) is 20.1 Å². The van der Waals surface area contributed by atoms with E-state index in [1.54, 1.807) is 42.5 Å². The molecule has 0 amide bonds. The lowest BCUT2D eigenvalue weighted by Crippen LogP contribution is -2.12. The third kappa shape index (κ3) is 2.36. The summed E-state index contributed by atoms with van der Waals surface area (Å²) in [6, 6.07) is 11.6. The van der Waals surface area contributed by atoms with Crippen LogP contribution in [0.5, 0.6) is 11.5 Å². The predicted molar refractivity (Wildman–Crippen MR) is 83.1 cm³/mol. The van der Waals surface area contributed by atoms with Crippen LogP contribution in [0.25, 0.3) is 6.08 Å². The van der Waals surface area contributed by atoms with Crippen LogP contribution < -0.4 is 10.5 Å². The SMILES string of the molecule is NCc1cccc2c1S(=O)(=O)C(COc1ccccc1O)=C2. The molecule has 0 aromatic heterocycles. The molecule has 0 unspecified atom stereocenters. The third-order valence-electron chi connectivity index (χ3n) is 3.51. The second-order valence-electron chi connectivity index (χ2n) is 4.91. The van der Waals surface area contributed by atoms with Crippen LogP contribution in [0.1, 0.15) is 11.1 Å². The number of aromatic hydroxyl groups is 1. The van der Waals surface area contributed by atoms with Crippen molar-refractivity contribution in [2.75, 3.05) is 6.61 Å². The predicted octanol–water partition coefficient (Wildman–Crippen LogP) is 2.06. The minimum Gasteiger partial charge on any atom is -0.504 e. The molecular weight excluding hydrogens is 302 g/mol. The van der Waals surface area contributed by atoms with Gasteiger partial charge in [-0.3, -0.25) is 0 Å². The van der Waals surface area contributed by atoms with Gasteiger partial charge < -0.3 is 15.6 Å². The first-order chi connectivity index (χ1) is 10.5. The summed E-state index contributed by atoms with van der Waals surface area (Å²) in [7, 11) is -3.60. The lowest BCUT2D eigenvalue weighted by Gasteiger charge is -2.10. The van der Waals surface area contributed by atoms with Gasteiger partial charge in [0, 0.05) is 6.54 Å². The molecule has 0 atom stereocenters. The molecule has 0 saturated carbocycles. The number of hydrogen-bond donors (Lipinski definition) is 2. The Morgan fingerprint density at radius 2 is 1.86 bits per heavy atom. The van der Waals surface area contributed by atoms with E-state index in [1.807, 2.05) is 0 Å². The minimum atomic E-state index is -3.60. The molecule has 114 valence electrons. The summed E-state index contributed by atoms with van der Waals surface area (Å²) in [5, 5.41) is 9.66. The molecule has 3 rings (SSSR count). The fraction of sp³-hybridized carbons (Fsp3) is 0.125. The molecule has 1 heterocycles. The van der Waals surface area contributed by atoms with E-state index >= 15 is 0 Å². The Bertz CT molecular complexity index is 856. The molecule has 0 fully saturated rings. The van der Waals surface area contributed by atoms with Crippen molar-refractivity contribution in [3.63, 3.8) is 0 Å². The maximum absolute atomic E-state index is 12.6. The van der Waals surface area contributed by atoms with Gasteiger partial charge in [0.1, 0.15) is 6.61 Å². The summed E-state index contributed by atoms with van der Waals surface area (Å²) in [6.07, 6.45) is 1.59. The zero-order valence-corrected chi connectivity index (χ0v) is 12.5. The molecule has 1 aliphatic rings. The maximum atomic E-state index is 12.6. The molecule has 0 saturated heterocycles. The Morgan fingerprint density at radius 3 is 2.59 bits per heavy atom. The number of rotatable bonds is 4. The van der Waals surface area contributed by atoms with Gasteiger partial charge in [-0.25, -0.2) is 8.42 Å². The van der Waals surface area contributed by atoms with Crippen molar-refractivity contribution in [1.29, 1.82) is 0 Å². The summed E-state index contributed by atoms with van der Waals surface area (Å²) in [5.74, 6) is 0.215. The highest BCUT2D eigenvalue weighted by Gasteiger charge is 2.32. The van der Waals surface area contributed by atoms with Gasteiger partial charge in [0.15, 0.2) is 11.5 Å². The van der Waals surface area contributed by atoms with Crippen LogP contribution in [-0.2, 0) is 16.4 Å². The lowest BCUT2D eigenvalue weighted by molar-refractivity contribution is 0.333. The van der Waals surface area contributed by atoms with E-state index in [-0.39, 0.29) is 34.5 Å². The van der Waals surface area contributed by atoms with Gasteiger partial charge in [-0.2, -0.15) is 0 Å². The van der Waals surface area contributed by atoms with E-state index in [0.717, 1.165) is 0 Å². The summed E-state index contributed by atoms with van der Waals surface area (Å²) in [6.45, 7) is 0.0163. The van der Waals surface area contributed by atoms with Crippen LogP contribution in [0.2, 0.25) is 0 Å². The van der Waals surface area contributed by atoms with Gasteiger partial charge in [0.05, 0.1) is 9.80 Å². The summed E-state index contributed by atoms with van der Waals surface area (Å²) < 4.78 is 30.6. The quantitative estimate of drug-likeness (QED) is 0.901. The average Bonchev–Trinajstić information content (AvgIpc) is 2.77. The number of sulfone groups is 1. The second kappa shape index (κ2) is 5.47. The highest BCUT2D eigenvalue weighted by molar-refractivity contribution is 7.96. The Kier molecular flexibility index (Phi) is 3.64. The van der Waals surface area contributed by atoms with Gasteiger partial charge >= 0.3 is 0 Å². The van der Waals surface area contributed by atoms with Crippen molar-refractivity contribution in [2.24, 2.45) is 5.73 Å². The third-order valence-corrected chi connectivity index (χ3v) is 5.47. The Labute approximate surface area is 128 Å². The van der Waals surface area contributed by atoms with Gasteiger partial charge in [-0.15, -0.1) is 0 Å². The summed E-state index contributed by atoms with van der Waals surface area (Å²) in [5.41, 5.74) is 6.84. The zero-order chi connectivity index (χ0) is 15.7. The molecule has 22 heavy (non-hydrogen) atoms. The standard InChI is InChI=1S/C16H15NO4S/c17-9-12-5-3-4-11-8-13(22(19,20)16(11)12)10-21-15-7-2-1-6-14(15)18/h1-8,18H,9-10,17H2. The smallest absolute Gasteiger partial charge is 0.207 e. The first kappa shape index (κ1) is 14.6. The number of hydrogen-bond acceptors (Lipinski definition) is 5. The normalized spacial score (nSPS) is 15.2. The van der Waals surface area contributed by atoms with Crippen LogP contribution in [0.15, 0.2) is 52.3 Å². The number of nitrogens with two attached hydrogens (primary N) is 1. The topological polar surface area (TPSA) is 89.6 Å². The molecule has 0 aliphatic carbocycles. The monoisotopic (exact) mass is 317 g/mol. The molecular formula is C16H15NO4S. The number of benzene rings is 2. The van der Waals surface area contributed by atoms with Gasteiger partial charge in [0.2, 0.25) is 9.84 Å². The molecule has 2 aromatic rings. The second-order valence-corrected chi connectivity index (χ2v) is 6.85. The van der Waals surface area contributed by atoms with Gasteiger partial charge in [0.25, 0.3) is 0 Å². The van der Waals surface area contributed by atoms with Crippen molar-refractivity contribution >= 4 is 15.9 Å². The highest BCUT2D eigenvalue weighted by atomic mass is 32.2. The number of ether oxygens (including phenoxy) is 1. The fourth-order valence-corrected chi connectivity index (χ4v) is 4.13. The Balaban J connectivity index is 1.90. The summed E-state index contributed by atoms with van der Waals surface area (Å²) in [4.78, 5) is 0.417. The molecule has 5 nitrogen and oxygen atoms in total. The molecule has 2 aromatic carbocycles. The van der Waals surface area contributed by atoms with E-state index in [4.69, 9.17) is 10.5 Å². The molecule has 0 bridgehead atoms. The average molecular weight is 317 g/mol. The van der Waals surface area contributed by atoms with Crippen LogP contribution in [0.3, 0.4) is 0 Å². The van der Waals surface area contributed by atoms with Crippen LogP contribution in [0.4, 0.5) is 0 Å². The van der Waals surface area contributed by atoms with E-state index in [0.29, 0.717) is 11.1 Å². The van der Waals surface area contributed by atoms with Crippen LogP contribution in [0, 0.1) is 0 Å². The van der Waals surface area contributed by atoms with Crippen molar-refractivity contribution in [2.45, 2.75) is 11.4 Å². The molecule has 3 N–H and O–H groups in total. The zero-order valence-electron chi connectivity index (χ0n) is 11.7. The Hall–Kier alpha value is -2.31. The largest absolute Gasteiger partial charge is 0.504 e. The molecule has 1 aliphatic heterocycles. The summed E-state index contributed by atoms with van der Waals surface area (Å²) >= 11 is 0. The minimum absolute atomic E-state index is 0.0290. The highest BCUT2D eigenvalue weighted by Crippen LogP contribution is 2.36. The Morgan fingerprint density at radius 1 is 1.09 bits per heavy atom. The van der Waals surface area contributed by atoms with Crippen molar-refractivity contribution < 1.29 is 18.3 Å². The van der Waals surface area contributed by atoms with E-state index in [1.165, 1.54) is 6.07 Å². The number of phenols is 1. The fourth-order valence-electron chi connectivity index (χ4n) is 2.44. The molecule has 6 heteroatoms. The maximum Gasteiger partial charge on any atom is 0.207 e. The van der Waals surface area contributed by atoms with Crippen molar-refractivity contribution in [1.82, 2.24) is 0 Å². The van der Waals surface area contributed by atoms with Gasteiger partial charge in [-0.1, -0.05) is 30.3 Å². The van der Waals surface area contributed by atoms with Gasteiger partial charge in [-0.05, 0) is 29.3 Å². The van der Waals surface area contributed by atoms with Crippen molar-refractivity contribution in [3.05, 3.63) is 58.5 Å². The van der Waals surface area contributed by atoms with E-state index < -0.39 is 9.84 Å². The first-order valence-electron chi connectivity index (χ1n) is 6.72. The van der Waals surface area contributed by atoms with Crippen molar-refractivity contribution in [3.8, 4) is 11.5 Å².